The maximum atomic E-state index is 10.7. The van der Waals surface area contributed by atoms with E-state index in [0.29, 0.717) is 23.9 Å². The van der Waals surface area contributed by atoms with Gasteiger partial charge in [0.2, 0.25) is 0 Å². The number of carbonyl (C=O) groups is 1. The van der Waals surface area contributed by atoms with Crippen LogP contribution in [0.15, 0.2) is 11.6 Å². The molecule has 0 aromatic rings. The summed E-state index contributed by atoms with van der Waals surface area (Å²) >= 11 is 0. The van der Waals surface area contributed by atoms with Gasteiger partial charge in [-0.15, -0.1) is 0 Å². The van der Waals surface area contributed by atoms with E-state index in [1.165, 1.54) is 12.5 Å². The van der Waals surface area contributed by atoms with E-state index in [0.717, 1.165) is 0 Å². The Hall–Kier alpha value is -0.790. The fourth-order valence-electron chi connectivity index (χ4n) is 2.00. The molecule has 0 radical (unpaired) electrons. The Morgan fingerprint density at radius 3 is 2.36 bits per heavy atom. The molecule has 1 aliphatic rings. The Morgan fingerprint density at radius 1 is 1.36 bits per heavy atom. The Morgan fingerprint density at radius 2 is 1.93 bits per heavy atom. The molecular weight excluding hydrogens is 176 g/mol. The molecule has 0 spiro atoms. The molecule has 80 valence electrons. The molecule has 0 amide bonds. The topological polar surface area (TPSA) is 26.3 Å². The first-order valence-electron chi connectivity index (χ1n) is 5.14. The van der Waals surface area contributed by atoms with Crippen molar-refractivity contribution in [3.8, 4) is 0 Å². The molecule has 1 fully saturated rings. The molecule has 0 aromatic carbocycles. The lowest BCUT2D eigenvalue weighted by atomic mass is 10.1. The van der Waals surface area contributed by atoms with Crippen LogP contribution in [0.4, 0.5) is 0 Å². The molecule has 0 aromatic heterocycles. The zero-order valence-corrected chi connectivity index (χ0v) is 9.76. The number of hydrogen-bond acceptors (Lipinski definition) is 2. The van der Waals surface area contributed by atoms with Crippen LogP contribution in [0, 0.1) is 17.3 Å². The predicted octanol–water partition coefficient (Wildman–Crippen LogP) is 2.79. The maximum absolute atomic E-state index is 10.7. The van der Waals surface area contributed by atoms with E-state index in [4.69, 9.17) is 4.74 Å². The minimum atomic E-state index is -0.177. The highest BCUT2D eigenvalue weighted by Gasteiger charge is 2.56. The first-order chi connectivity index (χ1) is 6.35. The third kappa shape index (κ3) is 2.37. The van der Waals surface area contributed by atoms with Crippen molar-refractivity contribution >= 4 is 5.97 Å². The summed E-state index contributed by atoms with van der Waals surface area (Å²) in [5, 5.41) is 0. The molecule has 0 heterocycles. The Labute approximate surface area is 86.3 Å². The second-order valence-electron chi connectivity index (χ2n) is 5.00. The summed E-state index contributed by atoms with van der Waals surface area (Å²) < 4.78 is 5.05. The van der Waals surface area contributed by atoms with Crippen molar-refractivity contribution in [3.05, 3.63) is 11.6 Å². The van der Waals surface area contributed by atoms with E-state index < -0.39 is 0 Å². The lowest BCUT2D eigenvalue weighted by Crippen LogP contribution is -2.05. The molecule has 2 nitrogen and oxygen atoms in total. The quantitative estimate of drug-likeness (QED) is 0.512. The summed E-state index contributed by atoms with van der Waals surface area (Å²) in [6, 6.07) is 0. The van der Waals surface area contributed by atoms with Gasteiger partial charge in [-0.05, 0) is 25.2 Å². The lowest BCUT2D eigenvalue weighted by Gasteiger charge is -2.02. The molecule has 1 saturated carbocycles. The summed E-state index contributed by atoms with van der Waals surface area (Å²) in [6.45, 7) is 10.7. The van der Waals surface area contributed by atoms with E-state index >= 15 is 0 Å². The molecule has 0 unspecified atom stereocenters. The number of carbonyl (C=O) groups excluding carboxylic acids is 1. The molecule has 0 bridgehead atoms. The molecule has 0 N–H and O–H groups in total. The van der Waals surface area contributed by atoms with Gasteiger partial charge in [0.15, 0.2) is 0 Å². The van der Waals surface area contributed by atoms with Gasteiger partial charge in [-0.1, -0.05) is 25.5 Å². The van der Waals surface area contributed by atoms with Crippen LogP contribution in [-0.4, -0.2) is 12.6 Å². The number of hydrogen-bond donors (Lipinski definition) is 0. The summed E-state index contributed by atoms with van der Waals surface area (Å²) in [4.78, 5) is 10.7. The van der Waals surface area contributed by atoms with Gasteiger partial charge in [-0.2, -0.15) is 0 Å². The van der Waals surface area contributed by atoms with Crippen LogP contribution in [0.5, 0.6) is 0 Å². The van der Waals surface area contributed by atoms with Crippen molar-refractivity contribution in [2.75, 3.05) is 6.61 Å². The molecule has 14 heavy (non-hydrogen) atoms. The second-order valence-corrected chi connectivity index (χ2v) is 5.00. The van der Waals surface area contributed by atoms with Crippen LogP contribution in [0.1, 0.15) is 34.6 Å². The zero-order chi connectivity index (χ0) is 10.9. The van der Waals surface area contributed by atoms with Gasteiger partial charge in [0, 0.05) is 12.8 Å². The van der Waals surface area contributed by atoms with Crippen LogP contribution in [-0.2, 0) is 9.53 Å². The maximum Gasteiger partial charge on any atom is 0.302 e. The number of ether oxygens (including phenoxy) is 1. The van der Waals surface area contributed by atoms with Crippen LogP contribution in [0.2, 0.25) is 0 Å². The van der Waals surface area contributed by atoms with Crippen molar-refractivity contribution in [3.63, 3.8) is 0 Å². The van der Waals surface area contributed by atoms with E-state index in [1.807, 2.05) is 0 Å². The molecule has 0 saturated heterocycles. The minimum absolute atomic E-state index is 0.177. The summed E-state index contributed by atoms with van der Waals surface area (Å²) in [6.07, 6.45) is 2.29. The fourth-order valence-corrected chi connectivity index (χ4v) is 2.00. The van der Waals surface area contributed by atoms with Crippen molar-refractivity contribution in [2.24, 2.45) is 17.3 Å². The van der Waals surface area contributed by atoms with Gasteiger partial charge in [-0.25, -0.2) is 0 Å². The number of esters is 1. The van der Waals surface area contributed by atoms with Crippen molar-refractivity contribution in [2.45, 2.75) is 34.6 Å². The summed E-state index contributed by atoms with van der Waals surface area (Å²) in [5.41, 5.74) is 1.64. The molecular formula is C12H20O2. The molecule has 1 aliphatic carbocycles. The first-order valence-corrected chi connectivity index (χ1v) is 5.14. The number of rotatable bonds is 3. The Kier molecular flexibility index (Phi) is 3.03. The van der Waals surface area contributed by atoms with Crippen LogP contribution in [0.25, 0.3) is 0 Å². The van der Waals surface area contributed by atoms with Crippen LogP contribution >= 0.6 is 0 Å². The average Bonchev–Trinajstić information content (AvgIpc) is 2.48. The standard InChI is InChI=1S/C12H20O2/c1-8(2)6-10-11(12(10,4)5)7-14-9(3)13/h6,10-11H,7H2,1-5H3/t10-,11-/m1/s1. The lowest BCUT2D eigenvalue weighted by molar-refractivity contribution is -0.141. The van der Waals surface area contributed by atoms with Crippen LogP contribution in [0.3, 0.4) is 0 Å². The first kappa shape index (κ1) is 11.3. The monoisotopic (exact) mass is 196 g/mol. The third-order valence-electron chi connectivity index (χ3n) is 3.12. The van der Waals surface area contributed by atoms with Gasteiger partial charge in [0.1, 0.15) is 0 Å². The normalized spacial score (nSPS) is 28.1. The largest absolute Gasteiger partial charge is 0.466 e. The summed E-state index contributed by atoms with van der Waals surface area (Å²) in [5.74, 6) is 0.900. The van der Waals surface area contributed by atoms with Crippen molar-refractivity contribution < 1.29 is 9.53 Å². The molecule has 0 aliphatic heterocycles. The minimum Gasteiger partial charge on any atom is -0.466 e. The van der Waals surface area contributed by atoms with E-state index in [-0.39, 0.29) is 5.97 Å². The highest BCUT2D eigenvalue weighted by atomic mass is 16.5. The van der Waals surface area contributed by atoms with Gasteiger partial charge < -0.3 is 4.74 Å². The molecule has 2 heteroatoms. The fraction of sp³-hybridized carbons (Fsp3) is 0.750. The number of allylic oxidation sites excluding steroid dienone is 2. The summed E-state index contributed by atoms with van der Waals surface area (Å²) in [7, 11) is 0. The van der Waals surface area contributed by atoms with Gasteiger partial charge in [-0.3, -0.25) is 4.79 Å². The Balaban J connectivity index is 2.49. The predicted molar refractivity (Wildman–Crippen MR) is 56.8 cm³/mol. The van der Waals surface area contributed by atoms with E-state index in [9.17, 15) is 4.79 Å². The molecule has 1 rings (SSSR count). The molecule has 2 atom stereocenters. The Bertz CT molecular complexity index is 259. The van der Waals surface area contributed by atoms with Crippen molar-refractivity contribution in [1.82, 2.24) is 0 Å². The zero-order valence-electron chi connectivity index (χ0n) is 9.76. The van der Waals surface area contributed by atoms with E-state index in [1.54, 1.807) is 0 Å². The average molecular weight is 196 g/mol. The van der Waals surface area contributed by atoms with Crippen molar-refractivity contribution in [1.29, 1.82) is 0 Å². The van der Waals surface area contributed by atoms with Gasteiger partial charge in [0.25, 0.3) is 0 Å². The smallest absolute Gasteiger partial charge is 0.302 e. The third-order valence-corrected chi connectivity index (χ3v) is 3.12. The van der Waals surface area contributed by atoms with Gasteiger partial charge >= 0.3 is 5.97 Å². The highest BCUT2D eigenvalue weighted by molar-refractivity contribution is 5.65. The van der Waals surface area contributed by atoms with Gasteiger partial charge in [0.05, 0.1) is 6.61 Å². The second kappa shape index (κ2) is 3.76. The highest BCUT2D eigenvalue weighted by Crippen LogP contribution is 2.59. The SMILES string of the molecule is CC(=O)OC[C@@H]1[C@@H](C=C(C)C)C1(C)C. The van der Waals surface area contributed by atoms with Crippen LogP contribution < -0.4 is 0 Å². The van der Waals surface area contributed by atoms with E-state index in [2.05, 4.69) is 33.8 Å².